The fraction of sp³-hybridized carbons (Fsp3) is 0.714. The highest BCUT2D eigenvalue weighted by molar-refractivity contribution is 4.94. The lowest BCUT2D eigenvalue weighted by atomic mass is 10.1. The van der Waals surface area contributed by atoms with Gasteiger partial charge in [0.25, 0.3) is 0 Å². The van der Waals surface area contributed by atoms with Gasteiger partial charge in [0.2, 0.25) is 0 Å². The van der Waals surface area contributed by atoms with Crippen molar-refractivity contribution in [1.82, 2.24) is 0 Å². The molecular weight excluding hydrogens is 98.1 g/mol. The Balaban J connectivity index is 3.12. The summed E-state index contributed by atoms with van der Waals surface area (Å²) in [7, 11) is 0. The molecule has 0 aromatic heterocycles. The normalized spacial score (nSPS) is 12.1. The SMILES string of the molecule is C/C=C(\C)CCCN. The van der Waals surface area contributed by atoms with Gasteiger partial charge in [-0.25, -0.2) is 0 Å². The van der Waals surface area contributed by atoms with Crippen LogP contribution < -0.4 is 5.73 Å². The van der Waals surface area contributed by atoms with Gasteiger partial charge in [-0.1, -0.05) is 11.6 Å². The Morgan fingerprint density at radius 1 is 1.62 bits per heavy atom. The summed E-state index contributed by atoms with van der Waals surface area (Å²) in [6.07, 6.45) is 4.42. The number of hydrogen-bond donors (Lipinski definition) is 1. The molecule has 1 nitrogen and oxygen atoms in total. The second-order valence-corrected chi connectivity index (χ2v) is 2.03. The maximum Gasteiger partial charge on any atom is -0.00742 e. The first-order valence-corrected chi connectivity index (χ1v) is 3.13. The molecule has 0 aromatic rings. The Labute approximate surface area is 51.6 Å². The summed E-state index contributed by atoms with van der Waals surface area (Å²) in [4.78, 5) is 0. The van der Waals surface area contributed by atoms with E-state index < -0.39 is 0 Å². The van der Waals surface area contributed by atoms with Crippen molar-refractivity contribution in [3.8, 4) is 0 Å². The van der Waals surface area contributed by atoms with E-state index in [1.54, 1.807) is 0 Å². The van der Waals surface area contributed by atoms with Gasteiger partial charge in [-0.05, 0) is 33.2 Å². The van der Waals surface area contributed by atoms with Crippen LogP contribution in [0.15, 0.2) is 11.6 Å². The Morgan fingerprint density at radius 2 is 2.25 bits per heavy atom. The van der Waals surface area contributed by atoms with Crippen LogP contribution in [-0.2, 0) is 0 Å². The van der Waals surface area contributed by atoms with E-state index in [1.165, 1.54) is 5.57 Å². The van der Waals surface area contributed by atoms with Gasteiger partial charge in [0, 0.05) is 0 Å². The molecule has 0 amide bonds. The Bertz CT molecular complexity index is 74.5. The average Bonchev–Trinajstić information content (AvgIpc) is 1.83. The van der Waals surface area contributed by atoms with E-state index in [0.29, 0.717) is 0 Å². The first-order valence-electron chi connectivity index (χ1n) is 3.13. The molecule has 0 saturated carbocycles. The van der Waals surface area contributed by atoms with Crippen LogP contribution in [0.3, 0.4) is 0 Å². The van der Waals surface area contributed by atoms with E-state index in [9.17, 15) is 0 Å². The van der Waals surface area contributed by atoms with Crippen molar-refractivity contribution < 1.29 is 0 Å². The highest BCUT2D eigenvalue weighted by Gasteiger charge is 1.83. The van der Waals surface area contributed by atoms with Gasteiger partial charge in [0.1, 0.15) is 0 Å². The summed E-state index contributed by atoms with van der Waals surface area (Å²) in [6, 6.07) is 0. The molecule has 0 heterocycles. The quantitative estimate of drug-likeness (QED) is 0.554. The molecular formula is C7H15N. The van der Waals surface area contributed by atoms with Crippen molar-refractivity contribution in [3.05, 3.63) is 11.6 Å². The third kappa shape index (κ3) is 3.88. The second-order valence-electron chi connectivity index (χ2n) is 2.03. The molecule has 0 aliphatic rings. The molecule has 0 atom stereocenters. The summed E-state index contributed by atoms with van der Waals surface area (Å²) in [5, 5.41) is 0. The smallest absolute Gasteiger partial charge is 0.00742 e. The standard InChI is InChI=1S/C7H15N/c1-3-7(2)5-4-6-8/h3H,4-6,8H2,1-2H3/b7-3+. The predicted molar refractivity (Wildman–Crippen MR) is 37.7 cm³/mol. The number of rotatable bonds is 3. The van der Waals surface area contributed by atoms with Crippen molar-refractivity contribution in [2.75, 3.05) is 6.54 Å². The maximum atomic E-state index is 5.30. The fourth-order valence-corrected chi connectivity index (χ4v) is 0.525. The second kappa shape index (κ2) is 4.85. The maximum absolute atomic E-state index is 5.30. The fourth-order valence-electron chi connectivity index (χ4n) is 0.525. The van der Waals surface area contributed by atoms with Gasteiger partial charge in [-0.2, -0.15) is 0 Å². The lowest BCUT2D eigenvalue weighted by Gasteiger charge is -1.94. The van der Waals surface area contributed by atoms with E-state index in [2.05, 4.69) is 19.9 Å². The zero-order chi connectivity index (χ0) is 6.41. The van der Waals surface area contributed by atoms with Crippen molar-refractivity contribution >= 4 is 0 Å². The highest BCUT2D eigenvalue weighted by Crippen LogP contribution is 2.00. The zero-order valence-corrected chi connectivity index (χ0v) is 5.78. The third-order valence-corrected chi connectivity index (χ3v) is 1.27. The molecule has 0 saturated heterocycles. The minimum atomic E-state index is 0.811. The molecule has 0 unspecified atom stereocenters. The summed E-state index contributed by atoms with van der Waals surface area (Å²) in [5.74, 6) is 0. The largest absolute Gasteiger partial charge is 0.330 e. The number of hydrogen-bond acceptors (Lipinski definition) is 1. The summed E-state index contributed by atoms with van der Waals surface area (Å²) in [6.45, 7) is 5.01. The van der Waals surface area contributed by atoms with Crippen LogP contribution >= 0.6 is 0 Å². The molecule has 0 spiro atoms. The lowest BCUT2D eigenvalue weighted by molar-refractivity contribution is 0.822. The van der Waals surface area contributed by atoms with E-state index in [0.717, 1.165) is 19.4 Å². The topological polar surface area (TPSA) is 26.0 Å². The van der Waals surface area contributed by atoms with E-state index >= 15 is 0 Å². The molecule has 0 radical (unpaired) electrons. The van der Waals surface area contributed by atoms with Gasteiger partial charge < -0.3 is 5.73 Å². The lowest BCUT2D eigenvalue weighted by Crippen LogP contribution is -1.97. The van der Waals surface area contributed by atoms with Crippen LogP contribution in [-0.4, -0.2) is 6.54 Å². The van der Waals surface area contributed by atoms with Crippen LogP contribution in [0.5, 0.6) is 0 Å². The molecule has 0 aromatic carbocycles. The van der Waals surface area contributed by atoms with Crippen molar-refractivity contribution in [1.29, 1.82) is 0 Å². The van der Waals surface area contributed by atoms with Crippen LogP contribution in [0.1, 0.15) is 26.7 Å². The van der Waals surface area contributed by atoms with Crippen molar-refractivity contribution in [2.24, 2.45) is 5.73 Å². The Kier molecular flexibility index (Phi) is 4.67. The van der Waals surface area contributed by atoms with Crippen molar-refractivity contribution in [3.63, 3.8) is 0 Å². The zero-order valence-electron chi connectivity index (χ0n) is 5.78. The van der Waals surface area contributed by atoms with Crippen LogP contribution in [0, 0.1) is 0 Å². The average molecular weight is 113 g/mol. The molecule has 0 fully saturated rings. The van der Waals surface area contributed by atoms with Gasteiger partial charge in [0.15, 0.2) is 0 Å². The number of nitrogens with two attached hydrogens (primary N) is 1. The predicted octanol–water partition coefficient (Wildman–Crippen LogP) is 1.69. The molecule has 8 heavy (non-hydrogen) atoms. The van der Waals surface area contributed by atoms with Gasteiger partial charge in [0.05, 0.1) is 0 Å². The van der Waals surface area contributed by atoms with Gasteiger partial charge in [-0.15, -0.1) is 0 Å². The molecule has 0 aliphatic carbocycles. The first kappa shape index (κ1) is 7.70. The number of allylic oxidation sites excluding steroid dienone is 2. The van der Waals surface area contributed by atoms with Gasteiger partial charge >= 0.3 is 0 Å². The Hall–Kier alpha value is -0.300. The molecule has 1 heteroatoms. The van der Waals surface area contributed by atoms with E-state index in [1.807, 2.05) is 0 Å². The summed E-state index contributed by atoms with van der Waals surface area (Å²) >= 11 is 0. The monoisotopic (exact) mass is 113 g/mol. The molecule has 2 N–H and O–H groups in total. The minimum Gasteiger partial charge on any atom is -0.330 e. The van der Waals surface area contributed by atoms with E-state index in [4.69, 9.17) is 5.73 Å². The first-order chi connectivity index (χ1) is 3.81. The van der Waals surface area contributed by atoms with E-state index in [-0.39, 0.29) is 0 Å². The minimum absolute atomic E-state index is 0.811. The molecule has 0 aliphatic heterocycles. The van der Waals surface area contributed by atoms with Crippen LogP contribution in [0.2, 0.25) is 0 Å². The highest BCUT2D eigenvalue weighted by atomic mass is 14.5. The Morgan fingerprint density at radius 3 is 2.62 bits per heavy atom. The third-order valence-electron chi connectivity index (χ3n) is 1.27. The van der Waals surface area contributed by atoms with Crippen LogP contribution in [0.25, 0.3) is 0 Å². The van der Waals surface area contributed by atoms with Crippen molar-refractivity contribution in [2.45, 2.75) is 26.7 Å². The summed E-state index contributed by atoms with van der Waals surface area (Å²) < 4.78 is 0. The molecule has 0 bridgehead atoms. The summed E-state index contributed by atoms with van der Waals surface area (Å²) in [5.41, 5.74) is 6.74. The molecule has 48 valence electrons. The van der Waals surface area contributed by atoms with Gasteiger partial charge in [-0.3, -0.25) is 0 Å². The molecule has 0 rings (SSSR count). The van der Waals surface area contributed by atoms with Crippen LogP contribution in [0.4, 0.5) is 0 Å².